The topological polar surface area (TPSA) is 155 Å². The van der Waals surface area contributed by atoms with Crippen molar-refractivity contribution in [3.8, 4) is 0 Å². The van der Waals surface area contributed by atoms with Crippen LogP contribution in [-0.2, 0) is 57.1 Å². The van der Waals surface area contributed by atoms with Crippen LogP contribution in [0.1, 0.15) is 107 Å². The number of aromatic nitrogens is 1. The number of ether oxygens (including phenoxy) is 8. The van der Waals surface area contributed by atoms with E-state index in [0.29, 0.717) is 50.8 Å². The SMILES string of the molecule is CC(C)(CC(C)(C)C(=O)OCCOC1CCCCO1)C(=O)OCCS.CC(C)(CC(C)(C)C(=O)OCCSSc1ccccn1)C(=O)OCCOC1CCCCO1.PP(P)P(P)P.PPP(P)P(P)P. The van der Waals surface area contributed by atoms with Crippen molar-refractivity contribution in [3.05, 3.63) is 24.4 Å². The molecule has 1 aromatic rings. The van der Waals surface area contributed by atoms with Crippen LogP contribution in [0.15, 0.2) is 29.4 Å². The van der Waals surface area contributed by atoms with E-state index >= 15 is 0 Å². The molecule has 2 fully saturated rings. The van der Waals surface area contributed by atoms with E-state index in [0.717, 1.165) is 58.1 Å². The number of hydrogen-bond acceptors (Lipinski definition) is 16. The number of carbonyl (C=O) groups excluding carboxylic acids is 4. The Bertz CT molecular complexity index is 1580. The van der Waals surface area contributed by atoms with Crippen molar-refractivity contribution in [3.63, 3.8) is 0 Å². The molecule has 3 rings (SSSR count). The van der Waals surface area contributed by atoms with Crippen molar-refractivity contribution in [2.75, 3.05) is 64.4 Å². The molecule has 0 bridgehead atoms. The summed E-state index contributed by atoms with van der Waals surface area (Å²) in [4.78, 5) is 53.9. The maximum Gasteiger partial charge on any atom is 0.311 e. The smallest absolute Gasteiger partial charge is 0.311 e. The van der Waals surface area contributed by atoms with Crippen LogP contribution in [0.5, 0.6) is 0 Å². The highest BCUT2D eigenvalue weighted by Crippen LogP contribution is 2.92. The molecular weight excluding hydrogens is 1200 g/mol. The summed E-state index contributed by atoms with van der Waals surface area (Å²) in [5, 5.41) is 0.918. The average molecular weight is 1280 g/mol. The van der Waals surface area contributed by atoms with E-state index in [1.165, 1.54) is 0 Å². The zero-order chi connectivity index (χ0) is 53.4. The molecule has 2 saturated heterocycles. The normalized spacial score (nSPS) is 17.1. The number of thiol groups is 1. The van der Waals surface area contributed by atoms with Crippen molar-refractivity contribution < 1.29 is 57.1 Å². The Morgan fingerprint density at radius 3 is 1.37 bits per heavy atom. The van der Waals surface area contributed by atoms with E-state index in [9.17, 15) is 19.2 Å². The summed E-state index contributed by atoms with van der Waals surface area (Å²) >= 11 is 4.02. The van der Waals surface area contributed by atoms with Gasteiger partial charge in [0, 0.05) is 30.9 Å². The summed E-state index contributed by atoms with van der Waals surface area (Å²) in [5.74, 6) is -0.235. The van der Waals surface area contributed by atoms with E-state index in [2.05, 4.69) is 89.0 Å². The second-order valence-electron chi connectivity index (χ2n) is 18.2. The van der Waals surface area contributed by atoms with E-state index in [1.54, 1.807) is 83.2 Å². The molecule has 0 amide bonds. The zero-order valence-corrected chi connectivity index (χ0v) is 58.6. The molecule has 3 heterocycles. The number of pyridine rings is 1. The summed E-state index contributed by atoms with van der Waals surface area (Å²) in [6, 6.07) is 5.74. The molecule has 408 valence electrons. The summed E-state index contributed by atoms with van der Waals surface area (Å²) in [7, 11) is 26.7. The van der Waals surface area contributed by atoms with Crippen LogP contribution >= 0.6 is 142 Å². The lowest BCUT2D eigenvalue weighted by atomic mass is 9.75. The van der Waals surface area contributed by atoms with Gasteiger partial charge in [-0.3, -0.25) is 19.2 Å². The Hall–Kier alpha value is 3.51. The van der Waals surface area contributed by atoms with Gasteiger partial charge in [-0.05, 0) is 158 Å². The van der Waals surface area contributed by atoms with Crippen molar-refractivity contribution in [2.45, 2.75) is 124 Å². The Kier molecular flexibility index (Phi) is 43.6. The summed E-state index contributed by atoms with van der Waals surface area (Å²) < 4.78 is 43.4. The Labute approximate surface area is 459 Å². The third-order valence-electron chi connectivity index (χ3n) is 9.65. The summed E-state index contributed by atoms with van der Waals surface area (Å²) in [5.41, 5.74) is -3.22. The highest BCUT2D eigenvalue weighted by Gasteiger charge is 2.42. The molecule has 0 N–H and O–H groups in total. The fourth-order valence-electron chi connectivity index (χ4n) is 6.46. The second-order valence-corrected chi connectivity index (χ2v) is 63.0. The highest BCUT2D eigenvalue weighted by atomic mass is 33.1. The first-order chi connectivity index (χ1) is 32.7. The van der Waals surface area contributed by atoms with Gasteiger partial charge in [0.05, 0.1) is 34.9 Å². The Balaban J connectivity index is 0.00000110. The van der Waals surface area contributed by atoms with Gasteiger partial charge in [-0.25, -0.2) is 4.98 Å². The maximum atomic E-state index is 12.6. The van der Waals surface area contributed by atoms with Gasteiger partial charge >= 0.3 is 23.9 Å². The van der Waals surface area contributed by atoms with Gasteiger partial charge in [0.2, 0.25) is 0 Å². The van der Waals surface area contributed by atoms with Gasteiger partial charge in [-0.1, -0.05) is 24.8 Å². The molecule has 2 aliphatic heterocycles. The zero-order valence-electron chi connectivity index (χ0n) is 42.2. The fraction of sp³-hybridized carbons (Fsp3) is 0.780. The van der Waals surface area contributed by atoms with Crippen LogP contribution in [0.3, 0.4) is 0 Å². The molecule has 0 saturated carbocycles. The second kappa shape index (κ2) is 41.5. The minimum atomic E-state index is -0.826. The van der Waals surface area contributed by atoms with Crippen LogP contribution < -0.4 is 0 Å². The third-order valence-corrected chi connectivity index (χ3v) is 63.9. The van der Waals surface area contributed by atoms with Gasteiger partial charge in [0.15, 0.2) is 12.6 Å². The summed E-state index contributed by atoms with van der Waals surface area (Å²) in [6.45, 7) is 18.0. The molecule has 0 radical (unpaired) electrons. The molecule has 70 heavy (non-hydrogen) atoms. The monoisotopic (exact) mass is 1280 g/mol. The van der Waals surface area contributed by atoms with E-state index < -0.39 is 21.7 Å². The van der Waals surface area contributed by atoms with Crippen LogP contribution in [0.25, 0.3) is 0 Å². The first kappa shape index (κ1) is 73.5. The van der Waals surface area contributed by atoms with Gasteiger partial charge in [0.1, 0.15) is 31.5 Å². The van der Waals surface area contributed by atoms with Crippen LogP contribution in [0.2, 0.25) is 0 Å². The molecular formula is C41H84NO12P13S3. The number of carbonyl (C=O) groups is 4. The molecule has 13 nitrogen and oxygen atoms in total. The minimum Gasteiger partial charge on any atom is -0.464 e. The van der Waals surface area contributed by atoms with Crippen molar-refractivity contribution in [2.24, 2.45) is 21.7 Å². The van der Waals surface area contributed by atoms with Gasteiger partial charge in [0.25, 0.3) is 0 Å². The number of esters is 4. The van der Waals surface area contributed by atoms with Gasteiger partial charge < -0.3 is 37.9 Å². The Morgan fingerprint density at radius 1 is 0.643 bits per heavy atom. The number of rotatable bonds is 26. The quantitative estimate of drug-likeness (QED) is 0.0233. The predicted octanol–water partition coefficient (Wildman–Crippen LogP) is 14.5. The lowest BCUT2D eigenvalue weighted by Gasteiger charge is -2.31. The molecule has 1 aromatic heterocycles. The van der Waals surface area contributed by atoms with Crippen LogP contribution in [-0.4, -0.2) is 106 Å². The molecule has 2 aliphatic rings. The maximum absolute atomic E-state index is 12.6. The molecule has 12 atom stereocenters. The van der Waals surface area contributed by atoms with Crippen molar-refractivity contribution >= 4 is 165 Å². The average Bonchev–Trinajstić information content (AvgIpc) is 3.31. The molecule has 0 aliphatic carbocycles. The largest absolute Gasteiger partial charge is 0.464 e. The van der Waals surface area contributed by atoms with Crippen LogP contribution in [0.4, 0.5) is 0 Å². The van der Waals surface area contributed by atoms with E-state index in [-0.39, 0.29) is 84.2 Å². The van der Waals surface area contributed by atoms with E-state index in [1.807, 2.05) is 18.2 Å². The summed E-state index contributed by atoms with van der Waals surface area (Å²) in [6.07, 6.45) is 8.05. The van der Waals surface area contributed by atoms with Gasteiger partial charge in [-0.15, -0.1) is 71.4 Å². The number of hydrogen-bond donors (Lipinski definition) is 1. The predicted molar refractivity (Wildman–Crippen MR) is 337 cm³/mol. The third kappa shape index (κ3) is 35.9. The van der Waals surface area contributed by atoms with Crippen LogP contribution in [0, 0.1) is 21.7 Å². The van der Waals surface area contributed by atoms with Crippen molar-refractivity contribution in [1.29, 1.82) is 0 Å². The molecule has 0 aromatic carbocycles. The molecule has 0 spiro atoms. The Morgan fingerprint density at radius 2 is 1.06 bits per heavy atom. The lowest BCUT2D eigenvalue weighted by molar-refractivity contribution is -0.178. The van der Waals surface area contributed by atoms with Gasteiger partial charge in [-0.2, -0.15) is 12.6 Å². The first-order valence-electron chi connectivity index (χ1n) is 22.6. The standard InChI is InChI=1S/C23H35NO6S2.C18H32O6S.H9P7.H8P6/c1-22(2,20(25)29-14-13-28-19-10-6-8-12-27-19)17-23(3,4)21(26)30-15-16-31-32-18-9-5-7-11-24-18;1-17(2,13-18(3,4)16(20)24-11-12-25)15(19)23-10-9-22-14-7-5-6-8-21-14;1-5-7(4)6(2)3;1-5(2)6(3)4/h5,7,9,11,19H,6,8,10,12-17H2,1-4H3;14,25H,5-13H2,1-4H3;5H,1-4H2;1-4H2. The minimum absolute atomic E-state index is 0.165. The first-order valence-corrected chi connectivity index (χ1v) is 47.3. The van der Waals surface area contributed by atoms with Crippen molar-refractivity contribution in [1.82, 2.24) is 4.98 Å². The molecule has 29 heteroatoms. The number of nitrogens with zero attached hydrogens (tertiary/aromatic N) is 1. The lowest BCUT2D eigenvalue weighted by Crippen LogP contribution is -2.37. The van der Waals surface area contributed by atoms with E-state index in [4.69, 9.17) is 37.9 Å². The fourth-order valence-corrected chi connectivity index (χ4v) is 24.4. The molecule has 12 unspecified atom stereocenters. The highest BCUT2D eigenvalue weighted by molar-refractivity contribution is 8.98.